The van der Waals surface area contributed by atoms with E-state index >= 15 is 0 Å². The maximum Gasteiger partial charge on any atom is 0.210 e. The molecule has 1 heterocycles. The van der Waals surface area contributed by atoms with Crippen LogP contribution < -0.4 is 5.73 Å². The van der Waals surface area contributed by atoms with Crippen molar-refractivity contribution in [3.8, 4) is 0 Å². The van der Waals surface area contributed by atoms with E-state index in [-0.39, 0.29) is 6.04 Å². The van der Waals surface area contributed by atoms with Gasteiger partial charge in [0.2, 0.25) is 5.89 Å². The number of benzene rings is 1. The van der Waals surface area contributed by atoms with Crippen molar-refractivity contribution in [2.45, 2.75) is 32.7 Å². The Morgan fingerprint density at radius 1 is 1.35 bits per heavy atom. The van der Waals surface area contributed by atoms with Crippen molar-refractivity contribution in [3.05, 3.63) is 53.2 Å². The Kier molecular flexibility index (Phi) is 3.59. The summed E-state index contributed by atoms with van der Waals surface area (Å²) in [7, 11) is 0. The fourth-order valence-electron chi connectivity index (χ4n) is 1.78. The lowest BCUT2D eigenvalue weighted by Crippen LogP contribution is -2.04. The van der Waals surface area contributed by atoms with Crippen LogP contribution in [0, 0.1) is 6.92 Å². The third-order valence-corrected chi connectivity index (χ3v) is 2.70. The molecule has 17 heavy (non-hydrogen) atoms. The van der Waals surface area contributed by atoms with Crippen LogP contribution in [-0.2, 0) is 12.8 Å². The number of nitrogens with zero attached hydrogens (tertiary/aromatic N) is 1. The maximum absolute atomic E-state index is 5.70. The lowest BCUT2D eigenvalue weighted by molar-refractivity contribution is 0.430. The molecule has 0 fully saturated rings. The lowest BCUT2D eigenvalue weighted by Gasteiger charge is -2.01. The number of oxazole rings is 1. The first kappa shape index (κ1) is 11.9. The van der Waals surface area contributed by atoms with Gasteiger partial charge in [-0.25, -0.2) is 4.98 Å². The molecular weight excluding hydrogens is 212 g/mol. The van der Waals surface area contributed by atoms with Gasteiger partial charge in [0.25, 0.3) is 0 Å². The van der Waals surface area contributed by atoms with Gasteiger partial charge in [0.05, 0.1) is 12.2 Å². The normalized spacial score (nSPS) is 12.6. The average molecular weight is 230 g/mol. The molecule has 0 aliphatic carbocycles. The topological polar surface area (TPSA) is 52.0 Å². The number of aromatic nitrogens is 1. The summed E-state index contributed by atoms with van der Waals surface area (Å²) in [6.07, 6.45) is 3.60. The van der Waals surface area contributed by atoms with Gasteiger partial charge in [-0.15, -0.1) is 0 Å². The maximum atomic E-state index is 5.70. The van der Waals surface area contributed by atoms with Crippen molar-refractivity contribution in [2.24, 2.45) is 5.73 Å². The van der Waals surface area contributed by atoms with Crippen molar-refractivity contribution in [1.29, 1.82) is 0 Å². The molecule has 0 saturated carbocycles. The van der Waals surface area contributed by atoms with Crippen LogP contribution in [0.3, 0.4) is 0 Å². The minimum absolute atomic E-state index is 0.136. The molecule has 3 nitrogen and oxygen atoms in total. The Labute approximate surface area is 102 Å². The second kappa shape index (κ2) is 5.15. The number of rotatable bonds is 4. The third-order valence-electron chi connectivity index (χ3n) is 2.70. The third kappa shape index (κ3) is 3.17. The van der Waals surface area contributed by atoms with Crippen LogP contribution >= 0.6 is 0 Å². The molecular formula is C14H18N2O. The SMILES string of the molecule is Cc1cccc(CCc2cnc(C(C)N)o2)c1. The van der Waals surface area contributed by atoms with Gasteiger partial charge in [-0.3, -0.25) is 0 Å². The van der Waals surface area contributed by atoms with E-state index in [0.717, 1.165) is 18.6 Å². The van der Waals surface area contributed by atoms with E-state index < -0.39 is 0 Å². The van der Waals surface area contributed by atoms with E-state index in [1.165, 1.54) is 11.1 Å². The number of hydrogen-bond donors (Lipinski definition) is 1. The van der Waals surface area contributed by atoms with E-state index in [4.69, 9.17) is 10.2 Å². The molecule has 0 radical (unpaired) electrons. The van der Waals surface area contributed by atoms with Crippen LogP contribution in [0.5, 0.6) is 0 Å². The molecule has 1 aromatic heterocycles. The molecule has 0 amide bonds. The highest BCUT2D eigenvalue weighted by Gasteiger charge is 2.07. The highest BCUT2D eigenvalue weighted by atomic mass is 16.4. The molecule has 1 aromatic carbocycles. The fourth-order valence-corrected chi connectivity index (χ4v) is 1.78. The zero-order valence-electron chi connectivity index (χ0n) is 10.3. The van der Waals surface area contributed by atoms with Gasteiger partial charge in [-0.1, -0.05) is 29.8 Å². The Morgan fingerprint density at radius 2 is 2.18 bits per heavy atom. The molecule has 90 valence electrons. The minimum atomic E-state index is -0.136. The summed E-state index contributed by atoms with van der Waals surface area (Å²) in [5.74, 6) is 1.52. The van der Waals surface area contributed by atoms with Gasteiger partial charge in [-0.05, 0) is 25.8 Å². The molecule has 1 atom stereocenters. The van der Waals surface area contributed by atoms with Crippen LogP contribution in [0.4, 0.5) is 0 Å². The molecule has 0 aliphatic rings. The largest absolute Gasteiger partial charge is 0.444 e. The smallest absolute Gasteiger partial charge is 0.210 e. The second-order valence-electron chi connectivity index (χ2n) is 4.44. The standard InChI is InChI=1S/C14H18N2O/c1-10-4-3-5-12(8-10)6-7-13-9-16-14(17-13)11(2)15/h3-5,8-9,11H,6-7,15H2,1-2H3. The first-order valence-electron chi connectivity index (χ1n) is 5.91. The van der Waals surface area contributed by atoms with Crippen molar-refractivity contribution in [1.82, 2.24) is 4.98 Å². The molecule has 2 rings (SSSR count). The zero-order chi connectivity index (χ0) is 12.3. The van der Waals surface area contributed by atoms with E-state index in [9.17, 15) is 0 Å². The second-order valence-corrected chi connectivity index (χ2v) is 4.44. The molecule has 0 aliphatic heterocycles. The molecule has 0 spiro atoms. The summed E-state index contributed by atoms with van der Waals surface area (Å²) in [5.41, 5.74) is 8.31. The highest BCUT2D eigenvalue weighted by Crippen LogP contribution is 2.13. The lowest BCUT2D eigenvalue weighted by atomic mass is 10.1. The summed E-state index contributed by atoms with van der Waals surface area (Å²) in [5, 5.41) is 0. The van der Waals surface area contributed by atoms with Gasteiger partial charge in [0.15, 0.2) is 0 Å². The number of hydrogen-bond acceptors (Lipinski definition) is 3. The number of nitrogens with two attached hydrogens (primary N) is 1. The van der Waals surface area contributed by atoms with Gasteiger partial charge < -0.3 is 10.2 Å². The van der Waals surface area contributed by atoms with Crippen LogP contribution in [0.1, 0.15) is 35.7 Å². The molecule has 3 heteroatoms. The Morgan fingerprint density at radius 3 is 2.82 bits per heavy atom. The average Bonchev–Trinajstić information content (AvgIpc) is 2.75. The monoisotopic (exact) mass is 230 g/mol. The van der Waals surface area contributed by atoms with Crippen molar-refractivity contribution in [2.75, 3.05) is 0 Å². The van der Waals surface area contributed by atoms with Crippen molar-refractivity contribution < 1.29 is 4.42 Å². The van der Waals surface area contributed by atoms with Crippen LogP contribution in [0.2, 0.25) is 0 Å². The van der Waals surface area contributed by atoms with Gasteiger partial charge in [0.1, 0.15) is 5.76 Å². The van der Waals surface area contributed by atoms with Crippen LogP contribution in [0.15, 0.2) is 34.9 Å². The van der Waals surface area contributed by atoms with E-state index in [1.807, 2.05) is 6.92 Å². The summed E-state index contributed by atoms with van der Waals surface area (Å²) in [6, 6.07) is 8.38. The fraction of sp³-hybridized carbons (Fsp3) is 0.357. The first-order valence-corrected chi connectivity index (χ1v) is 5.91. The summed E-state index contributed by atoms with van der Waals surface area (Å²) >= 11 is 0. The van der Waals surface area contributed by atoms with Gasteiger partial charge in [0, 0.05) is 6.42 Å². The molecule has 2 N–H and O–H groups in total. The van der Waals surface area contributed by atoms with Gasteiger partial charge >= 0.3 is 0 Å². The quantitative estimate of drug-likeness (QED) is 0.878. The summed E-state index contributed by atoms with van der Waals surface area (Å²) in [6.45, 7) is 3.97. The van der Waals surface area contributed by atoms with E-state index in [2.05, 4.69) is 36.2 Å². The van der Waals surface area contributed by atoms with Crippen molar-refractivity contribution >= 4 is 0 Å². The zero-order valence-corrected chi connectivity index (χ0v) is 10.3. The van der Waals surface area contributed by atoms with Gasteiger partial charge in [-0.2, -0.15) is 0 Å². The van der Waals surface area contributed by atoms with E-state index in [0.29, 0.717) is 5.89 Å². The Bertz CT molecular complexity index is 488. The van der Waals surface area contributed by atoms with E-state index in [1.54, 1.807) is 6.20 Å². The van der Waals surface area contributed by atoms with Crippen LogP contribution in [-0.4, -0.2) is 4.98 Å². The van der Waals surface area contributed by atoms with Crippen molar-refractivity contribution in [3.63, 3.8) is 0 Å². The predicted octanol–water partition coefficient (Wildman–Crippen LogP) is 2.79. The molecule has 0 bridgehead atoms. The molecule has 0 saturated heterocycles. The predicted molar refractivity (Wildman–Crippen MR) is 67.7 cm³/mol. The molecule has 2 aromatic rings. The Balaban J connectivity index is 1.97. The highest BCUT2D eigenvalue weighted by molar-refractivity contribution is 5.22. The molecule has 1 unspecified atom stereocenters. The first-order chi connectivity index (χ1) is 8.15. The van der Waals surface area contributed by atoms with Crippen LogP contribution in [0.25, 0.3) is 0 Å². The number of aryl methyl sites for hydroxylation is 3. The minimum Gasteiger partial charge on any atom is -0.444 e. The summed E-state index contributed by atoms with van der Waals surface area (Å²) < 4.78 is 5.56. The summed E-state index contributed by atoms with van der Waals surface area (Å²) in [4.78, 5) is 4.15. The Hall–Kier alpha value is -1.61.